The van der Waals surface area contributed by atoms with Crippen LogP contribution in [-0.2, 0) is 0 Å². The molecule has 0 fully saturated rings. The molecule has 0 atom stereocenters. The predicted molar refractivity (Wildman–Crippen MR) is 62.7 cm³/mol. The molecule has 0 aliphatic carbocycles. The zero-order valence-electron chi connectivity index (χ0n) is 9.46. The van der Waals surface area contributed by atoms with Crippen molar-refractivity contribution in [1.82, 2.24) is 0 Å². The number of anilines is 1. The molecule has 0 spiro atoms. The van der Waals surface area contributed by atoms with E-state index in [1.807, 2.05) is 20.1 Å². The summed E-state index contributed by atoms with van der Waals surface area (Å²) in [4.78, 5) is 2.89. The van der Waals surface area contributed by atoms with Gasteiger partial charge in [0.15, 0.2) is 5.03 Å². The maximum Gasteiger partial charge on any atom is 0.289 e. The van der Waals surface area contributed by atoms with Crippen LogP contribution in [0.15, 0.2) is 5.03 Å². The molecule has 3 N–H and O–H groups in total. The first-order chi connectivity index (χ1) is 7.56. The van der Waals surface area contributed by atoms with Gasteiger partial charge in [-0.1, -0.05) is 25.6 Å². The average molecular weight is 233 g/mol. The Hall–Kier alpha value is -1.72. The fourth-order valence-electron chi connectivity index (χ4n) is 1.60. The molecule has 0 bridgehead atoms. The van der Waals surface area contributed by atoms with E-state index in [2.05, 4.69) is 17.1 Å². The van der Waals surface area contributed by atoms with Crippen LogP contribution in [0.2, 0.25) is 0 Å². The van der Waals surface area contributed by atoms with Crippen molar-refractivity contribution in [3.63, 3.8) is 0 Å². The quantitative estimate of drug-likeness (QED) is 0.787. The highest BCUT2D eigenvalue weighted by Crippen LogP contribution is 2.29. The van der Waals surface area contributed by atoms with Gasteiger partial charge in [0.1, 0.15) is 23.3 Å². The number of aromatic amines is 1. The van der Waals surface area contributed by atoms with Gasteiger partial charge in [-0.3, -0.25) is 5.73 Å². The lowest BCUT2D eigenvalue weighted by molar-refractivity contribution is -0.410. The molecule has 1 aromatic heterocycles. The van der Waals surface area contributed by atoms with E-state index < -0.39 is 0 Å². The zero-order chi connectivity index (χ0) is 12.3. The minimum absolute atomic E-state index is 0.0899. The van der Waals surface area contributed by atoms with Crippen LogP contribution in [0.25, 0.3) is 0 Å². The molecular formula is C11H13N4S+. The SMILES string of the molecule is CSc1[nH+]c(N)c(C#N)c(C(C)C)c1C#N. The molecule has 1 heterocycles. The summed E-state index contributed by atoms with van der Waals surface area (Å²) in [5.74, 6) is 0.418. The predicted octanol–water partition coefficient (Wildman–Crippen LogP) is 1.67. The molecular weight excluding hydrogens is 220 g/mol. The van der Waals surface area contributed by atoms with Gasteiger partial charge in [0.25, 0.3) is 5.82 Å². The molecule has 0 saturated carbocycles. The van der Waals surface area contributed by atoms with E-state index in [4.69, 9.17) is 16.3 Å². The summed E-state index contributed by atoms with van der Waals surface area (Å²) in [6, 6.07) is 4.19. The molecule has 1 aromatic rings. The lowest BCUT2D eigenvalue weighted by Gasteiger charge is -2.11. The summed E-state index contributed by atoms with van der Waals surface area (Å²) in [6.07, 6.45) is 1.86. The van der Waals surface area contributed by atoms with Crippen molar-refractivity contribution in [1.29, 1.82) is 10.5 Å². The molecule has 0 aliphatic heterocycles. The topological polar surface area (TPSA) is 87.7 Å². The number of nitrogens with one attached hydrogen (secondary N) is 1. The highest BCUT2D eigenvalue weighted by Gasteiger charge is 2.23. The first-order valence-corrected chi connectivity index (χ1v) is 6.02. The van der Waals surface area contributed by atoms with Gasteiger partial charge in [-0.15, -0.1) is 0 Å². The molecule has 0 unspecified atom stereocenters. The molecule has 0 aliphatic rings. The Bertz CT molecular complexity index is 494. The van der Waals surface area contributed by atoms with Crippen LogP contribution in [0.4, 0.5) is 5.82 Å². The number of rotatable bonds is 2. The third kappa shape index (κ3) is 1.95. The number of hydrogen-bond acceptors (Lipinski definition) is 4. The second-order valence-corrected chi connectivity index (χ2v) is 4.43. The number of nitriles is 2. The van der Waals surface area contributed by atoms with Gasteiger partial charge >= 0.3 is 0 Å². The van der Waals surface area contributed by atoms with Crippen molar-refractivity contribution >= 4 is 17.6 Å². The first-order valence-electron chi connectivity index (χ1n) is 4.79. The molecule has 0 saturated heterocycles. The second kappa shape index (κ2) is 4.87. The van der Waals surface area contributed by atoms with E-state index in [-0.39, 0.29) is 5.92 Å². The van der Waals surface area contributed by atoms with Crippen LogP contribution >= 0.6 is 11.8 Å². The number of nitrogens with two attached hydrogens (primary N) is 1. The number of hydrogen-bond donors (Lipinski definition) is 1. The molecule has 4 nitrogen and oxygen atoms in total. The van der Waals surface area contributed by atoms with Crippen LogP contribution in [-0.4, -0.2) is 6.26 Å². The van der Waals surface area contributed by atoms with Crippen LogP contribution in [0.5, 0.6) is 0 Å². The third-order valence-corrected chi connectivity index (χ3v) is 3.00. The Kier molecular flexibility index (Phi) is 3.76. The van der Waals surface area contributed by atoms with Crippen LogP contribution in [0.1, 0.15) is 36.5 Å². The summed E-state index contributed by atoms with van der Waals surface area (Å²) < 4.78 is 0. The lowest BCUT2D eigenvalue weighted by Crippen LogP contribution is -2.20. The van der Waals surface area contributed by atoms with Gasteiger partial charge in [-0.25, -0.2) is 4.98 Å². The smallest absolute Gasteiger partial charge is 0.286 e. The number of thioether (sulfide) groups is 1. The summed E-state index contributed by atoms with van der Waals surface area (Å²) in [7, 11) is 0. The molecule has 82 valence electrons. The highest BCUT2D eigenvalue weighted by molar-refractivity contribution is 7.98. The number of aromatic nitrogens is 1. The Morgan fingerprint density at radius 3 is 2.19 bits per heavy atom. The van der Waals surface area contributed by atoms with E-state index in [1.165, 1.54) is 11.8 Å². The number of nitrogens with zero attached hydrogens (tertiary/aromatic N) is 2. The van der Waals surface area contributed by atoms with Crippen molar-refractivity contribution in [3.8, 4) is 12.1 Å². The minimum Gasteiger partial charge on any atom is -0.286 e. The second-order valence-electron chi connectivity index (χ2n) is 3.61. The van der Waals surface area contributed by atoms with Crippen molar-refractivity contribution in [3.05, 3.63) is 16.7 Å². The molecule has 0 radical (unpaired) electrons. The van der Waals surface area contributed by atoms with Gasteiger partial charge in [0.05, 0.1) is 0 Å². The van der Waals surface area contributed by atoms with Crippen LogP contribution in [0, 0.1) is 22.7 Å². The molecule has 16 heavy (non-hydrogen) atoms. The molecule has 1 rings (SSSR count). The fourth-order valence-corrected chi connectivity index (χ4v) is 2.17. The number of pyridine rings is 1. The first kappa shape index (κ1) is 12.4. The van der Waals surface area contributed by atoms with Crippen LogP contribution < -0.4 is 10.7 Å². The van der Waals surface area contributed by atoms with Crippen LogP contribution in [0.3, 0.4) is 0 Å². The van der Waals surface area contributed by atoms with Crippen molar-refractivity contribution in [2.45, 2.75) is 24.8 Å². The van der Waals surface area contributed by atoms with E-state index in [1.54, 1.807) is 0 Å². The molecule has 0 aromatic carbocycles. The van der Waals surface area contributed by atoms with Gasteiger partial charge in [-0.2, -0.15) is 10.5 Å². The van der Waals surface area contributed by atoms with Crippen molar-refractivity contribution in [2.24, 2.45) is 0 Å². The van der Waals surface area contributed by atoms with Gasteiger partial charge in [-0.05, 0) is 12.2 Å². The van der Waals surface area contributed by atoms with Gasteiger partial charge in [0.2, 0.25) is 0 Å². The van der Waals surface area contributed by atoms with Gasteiger partial charge < -0.3 is 0 Å². The Labute approximate surface area is 99.1 Å². The Morgan fingerprint density at radius 1 is 1.25 bits per heavy atom. The van der Waals surface area contributed by atoms with Gasteiger partial charge in [0, 0.05) is 5.56 Å². The van der Waals surface area contributed by atoms with E-state index >= 15 is 0 Å². The molecule has 0 amide bonds. The normalized spacial score (nSPS) is 9.88. The third-order valence-electron chi connectivity index (χ3n) is 2.29. The summed E-state index contributed by atoms with van der Waals surface area (Å²) >= 11 is 1.42. The van der Waals surface area contributed by atoms with E-state index in [0.29, 0.717) is 22.0 Å². The minimum atomic E-state index is 0.0899. The summed E-state index contributed by atoms with van der Waals surface area (Å²) in [5, 5.41) is 18.9. The van der Waals surface area contributed by atoms with Crippen molar-refractivity contribution in [2.75, 3.05) is 12.0 Å². The monoisotopic (exact) mass is 233 g/mol. The van der Waals surface area contributed by atoms with Crippen molar-refractivity contribution < 1.29 is 4.98 Å². The standard InChI is InChI=1S/C11H12N4S/c1-6(2)9-7(4-12)10(14)15-11(16-3)8(9)5-13/h6H,1-3H3,(H2,14,15)/p+1. The van der Waals surface area contributed by atoms with E-state index in [0.717, 1.165) is 5.56 Å². The largest absolute Gasteiger partial charge is 0.289 e. The average Bonchev–Trinajstić information content (AvgIpc) is 2.27. The fraction of sp³-hybridized carbons (Fsp3) is 0.364. The zero-order valence-corrected chi connectivity index (χ0v) is 10.3. The summed E-state index contributed by atoms with van der Waals surface area (Å²) in [6.45, 7) is 3.89. The highest BCUT2D eigenvalue weighted by atomic mass is 32.2. The Balaban J connectivity index is 3.71. The number of nitrogen functional groups attached to an aromatic ring is 1. The maximum absolute atomic E-state index is 9.16. The maximum atomic E-state index is 9.16. The molecule has 5 heteroatoms. The number of H-pyrrole nitrogens is 1. The van der Waals surface area contributed by atoms with E-state index in [9.17, 15) is 0 Å². The summed E-state index contributed by atoms with van der Waals surface area (Å²) in [5.41, 5.74) is 7.40. The lowest BCUT2D eigenvalue weighted by atomic mass is 9.94. The Morgan fingerprint density at radius 2 is 1.81 bits per heavy atom.